The van der Waals surface area contributed by atoms with Gasteiger partial charge in [0, 0.05) is 48.6 Å². The lowest BCUT2D eigenvalue weighted by Crippen LogP contribution is -2.59. The number of likely N-dealkylation sites (tertiary alicyclic amines) is 1. The van der Waals surface area contributed by atoms with Gasteiger partial charge in [-0.25, -0.2) is 4.39 Å². The Labute approximate surface area is 244 Å². The van der Waals surface area contributed by atoms with Crippen LogP contribution in [0.5, 0.6) is 0 Å². The number of hydrogen-bond donors (Lipinski definition) is 1. The summed E-state index contributed by atoms with van der Waals surface area (Å²) in [5, 5.41) is 3.04. The third kappa shape index (κ3) is 6.12. The number of benzene rings is 3. The van der Waals surface area contributed by atoms with Crippen LogP contribution < -0.4 is 5.32 Å². The number of carbonyl (C=O) groups excluding carboxylic acids is 3. The summed E-state index contributed by atoms with van der Waals surface area (Å²) in [5.41, 5.74) is -1.29. The maximum absolute atomic E-state index is 13.8. The molecular formula is C30H26ClF4N3O4. The van der Waals surface area contributed by atoms with E-state index < -0.39 is 41.1 Å². The number of nitrogens with one attached hydrogen (secondary N) is 1. The van der Waals surface area contributed by atoms with Crippen LogP contribution in [0.4, 0.5) is 17.6 Å². The van der Waals surface area contributed by atoms with E-state index in [4.69, 9.17) is 16.3 Å². The third-order valence-corrected chi connectivity index (χ3v) is 7.73. The average molecular weight is 604 g/mol. The van der Waals surface area contributed by atoms with Crippen LogP contribution in [0.1, 0.15) is 44.7 Å². The standard InChI is InChI=1S/C30H26ClF4N3O4/c31-23-6-2-4-21(16-23)27(40)37-13-11-29(12-14-37)38(28(41)20-7-9-24(32)10-8-20)25(18-42-29)26(39)36-17-19-3-1-5-22(15-19)30(33,34)35/h1-10,15-16,25H,11-14,17-18H2,(H,36,39). The largest absolute Gasteiger partial charge is 0.416 e. The van der Waals surface area contributed by atoms with Crippen LogP contribution in [0.3, 0.4) is 0 Å². The van der Waals surface area contributed by atoms with Gasteiger partial charge < -0.3 is 15.0 Å². The molecule has 1 unspecified atom stereocenters. The SMILES string of the molecule is O=C(NCc1cccc(C(F)(F)F)c1)C1COC2(CCN(C(=O)c3cccc(Cl)c3)CC2)N1C(=O)c1ccc(F)cc1. The second kappa shape index (κ2) is 11.7. The quantitative estimate of drug-likeness (QED) is 0.402. The van der Waals surface area contributed by atoms with E-state index in [0.717, 1.165) is 24.3 Å². The predicted octanol–water partition coefficient (Wildman–Crippen LogP) is 5.29. The van der Waals surface area contributed by atoms with Crippen LogP contribution in [0.2, 0.25) is 5.02 Å². The summed E-state index contributed by atoms with van der Waals surface area (Å²) in [6, 6.07) is 14.9. The van der Waals surface area contributed by atoms with Crippen molar-refractivity contribution < 1.29 is 36.7 Å². The minimum absolute atomic E-state index is 0.134. The number of piperidine rings is 1. The summed E-state index contributed by atoms with van der Waals surface area (Å²) in [4.78, 5) is 43.2. The molecule has 1 spiro atoms. The first-order valence-electron chi connectivity index (χ1n) is 13.2. The molecule has 3 amide bonds. The molecule has 12 heteroatoms. The molecule has 7 nitrogen and oxygen atoms in total. The molecule has 2 saturated heterocycles. The number of amides is 3. The molecule has 0 aliphatic carbocycles. The van der Waals surface area contributed by atoms with E-state index in [0.29, 0.717) is 10.6 Å². The maximum atomic E-state index is 13.8. The highest BCUT2D eigenvalue weighted by molar-refractivity contribution is 6.30. The van der Waals surface area contributed by atoms with E-state index in [1.165, 1.54) is 29.2 Å². The smallest absolute Gasteiger partial charge is 0.353 e. The fourth-order valence-corrected chi connectivity index (χ4v) is 5.52. The minimum atomic E-state index is -4.53. The van der Waals surface area contributed by atoms with Gasteiger partial charge in [-0.15, -0.1) is 0 Å². The van der Waals surface area contributed by atoms with Crippen molar-refractivity contribution in [3.63, 3.8) is 0 Å². The molecule has 2 aliphatic heterocycles. The van der Waals surface area contributed by atoms with Gasteiger partial charge in [-0.1, -0.05) is 29.8 Å². The van der Waals surface area contributed by atoms with Crippen LogP contribution in [0, 0.1) is 5.82 Å². The summed E-state index contributed by atoms with van der Waals surface area (Å²) in [6.07, 6.45) is -4.14. The molecule has 5 rings (SSSR count). The molecule has 2 aliphatic rings. The zero-order valence-electron chi connectivity index (χ0n) is 22.2. The molecule has 3 aromatic carbocycles. The molecule has 0 radical (unpaired) electrons. The summed E-state index contributed by atoms with van der Waals surface area (Å²) < 4.78 is 59.1. The number of hydrogen-bond acceptors (Lipinski definition) is 4. The third-order valence-electron chi connectivity index (χ3n) is 7.50. The van der Waals surface area contributed by atoms with E-state index in [1.54, 1.807) is 29.2 Å². The van der Waals surface area contributed by atoms with Crippen LogP contribution in [-0.4, -0.2) is 59.0 Å². The normalized spacial score (nSPS) is 18.3. The van der Waals surface area contributed by atoms with Crippen molar-refractivity contribution >= 4 is 29.3 Å². The molecule has 1 atom stereocenters. The van der Waals surface area contributed by atoms with Gasteiger partial charge >= 0.3 is 6.18 Å². The number of carbonyl (C=O) groups is 3. The monoisotopic (exact) mass is 603 g/mol. The first-order valence-corrected chi connectivity index (χ1v) is 13.6. The lowest BCUT2D eigenvalue weighted by Gasteiger charge is -2.44. The second-order valence-electron chi connectivity index (χ2n) is 10.2. The minimum Gasteiger partial charge on any atom is -0.353 e. The topological polar surface area (TPSA) is 79.0 Å². The van der Waals surface area contributed by atoms with E-state index >= 15 is 0 Å². The van der Waals surface area contributed by atoms with Gasteiger partial charge in [-0.2, -0.15) is 13.2 Å². The summed E-state index contributed by atoms with van der Waals surface area (Å²) in [5.74, 6) is -1.96. The Morgan fingerprint density at radius 1 is 0.929 bits per heavy atom. The molecule has 1 N–H and O–H groups in total. The first-order chi connectivity index (χ1) is 20.0. The zero-order valence-corrected chi connectivity index (χ0v) is 22.9. The Kier molecular flexibility index (Phi) is 8.25. The number of rotatable bonds is 5. The predicted molar refractivity (Wildman–Crippen MR) is 145 cm³/mol. The van der Waals surface area contributed by atoms with E-state index in [1.807, 2.05) is 0 Å². The Morgan fingerprint density at radius 2 is 1.62 bits per heavy atom. The van der Waals surface area contributed by atoms with Crippen LogP contribution in [0.25, 0.3) is 0 Å². The van der Waals surface area contributed by atoms with Gasteiger partial charge in [-0.05, 0) is 60.2 Å². The Hall–Kier alpha value is -3.96. The van der Waals surface area contributed by atoms with Crippen molar-refractivity contribution in [3.05, 3.63) is 106 Å². The molecule has 2 fully saturated rings. The fraction of sp³-hybridized carbons (Fsp3) is 0.300. The molecule has 0 saturated carbocycles. The van der Waals surface area contributed by atoms with Gasteiger partial charge in [0.05, 0.1) is 12.2 Å². The number of halogens is 5. The summed E-state index contributed by atoms with van der Waals surface area (Å²) in [7, 11) is 0. The van der Waals surface area contributed by atoms with Crippen molar-refractivity contribution in [2.45, 2.75) is 37.3 Å². The van der Waals surface area contributed by atoms with Crippen molar-refractivity contribution in [2.75, 3.05) is 19.7 Å². The molecule has 42 heavy (non-hydrogen) atoms. The van der Waals surface area contributed by atoms with Crippen LogP contribution in [0.15, 0.2) is 72.8 Å². The van der Waals surface area contributed by atoms with Gasteiger partial charge in [-0.3, -0.25) is 19.3 Å². The summed E-state index contributed by atoms with van der Waals surface area (Å²) in [6.45, 7) is 0.0740. The molecule has 220 valence electrons. The average Bonchev–Trinajstić information content (AvgIpc) is 3.34. The molecule has 0 aromatic heterocycles. The fourth-order valence-electron chi connectivity index (χ4n) is 5.33. The van der Waals surface area contributed by atoms with Crippen molar-refractivity contribution in [1.29, 1.82) is 0 Å². The van der Waals surface area contributed by atoms with Gasteiger partial charge in [0.25, 0.3) is 11.8 Å². The lowest BCUT2D eigenvalue weighted by atomic mass is 9.96. The number of alkyl halides is 3. The molecule has 3 aromatic rings. The molecule has 2 heterocycles. The Balaban J connectivity index is 1.35. The van der Waals surface area contributed by atoms with Crippen LogP contribution >= 0.6 is 11.6 Å². The number of ether oxygens (including phenoxy) is 1. The zero-order chi connectivity index (χ0) is 30.1. The second-order valence-corrected chi connectivity index (χ2v) is 10.6. The van der Waals surface area contributed by atoms with Gasteiger partial charge in [0.2, 0.25) is 5.91 Å². The highest BCUT2D eigenvalue weighted by atomic mass is 35.5. The number of nitrogens with zero attached hydrogens (tertiary/aromatic N) is 2. The van der Waals surface area contributed by atoms with Crippen LogP contribution in [-0.2, 0) is 22.3 Å². The van der Waals surface area contributed by atoms with Gasteiger partial charge in [0.15, 0.2) is 0 Å². The van der Waals surface area contributed by atoms with E-state index in [-0.39, 0.29) is 56.1 Å². The Bertz CT molecular complexity index is 1490. The Morgan fingerprint density at radius 3 is 2.29 bits per heavy atom. The highest BCUT2D eigenvalue weighted by Crippen LogP contribution is 2.39. The maximum Gasteiger partial charge on any atom is 0.416 e. The van der Waals surface area contributed by atoms with Gasteiger partial charge in [0.1, 0.15) is 17.6 Å². The molecule has 0 bridgehead atoms. The summed E-state index contributed by atoms with van der Waals surface area (Å²) >= 11 is 6.04. The highest BCUT2D eigenvalue weighted by Gasteiger charge is 2.54. The molecular weight excluding hydrogens is 578 g/mol. The lowest BCUT2D eigenvalue weighted by molar-refractivity contribution is -0.137. The first kappa shape index (κ1) is 29.5. The van der Waals surface area contributed by atoms with Crippen molar-refractivity contribution in [1.82, 2.24) is 15.1 Å². The van der Waals surface area contributed by atoms with E-state index in [2.05, 4.69) is 5.32 Å². The van der Waals surface area contributed by atoms with E-state index in [9.17, 15) is 31.9 Å². The van der Waals surface area contributed by atoms with Crippen molar-refractivity contribution in [3.8, 4) is 0 Å². The van der Waals surface area contributed by atoms with Crippen molar-refractivity contribution in [2.24, 2.45) is 0 Å².